The molecule has 0 fully saturated rings. The van der Waals surface area contributed by atoms with Gasteiger partial charge in [-0.05, 0) is 63.1 Å². The number of para-hydroxylation sites is 2. The molecule has 0 saturated carbocycles. The molecule has 0 unspecified atom stereocenters. The van der Waals surface area contributed by atoms with Crippen molar-refractivity contribution in [3.05, 3.63) is 83.9 Å². The largest absolute Gasteiger partial charge is 0.427 e. The normalized spacial score (nSPS) is 15.3. The lowest BCUT2D eigenvalue weighted by atomic mass is 9.71. The van der Waals surface area contributed by atoms with Crippen molar-refractivity contribution >= 4 is 30.0 Å². The number of anilines is 3. The molecule has 1 heterocycles. The predicted octanol–water partition coefficient (Wildman–Crippen LogP) is 5.61. The van der Waals surface area contributed by atoms with Gasteiger partial charge in [0.15, 0.2) is 0 Å². The second kappa shape index (κ2) is 7.54. The fourth-order valence-corrected chi connectivity index (χ4v) is 4.01. The van der Waals surface area contributed by atoms with Crippen LogP contribution in [0.5, 0.6) is 0 Å². The minimum Gasteiger partial charge on any atom is -0.427 e. The van der Waals surface area contributed by atoms with Gasteiger partial charge in [0.05, 0.1) is 22.6 Å². The van der Waals surface area contributed by atoms with E-state index in [4.69, 9.17) is 4.65 Å². The number of fused-ring (bicyclic) bond motifs is 2. The van der Waals surface area contributed by atoms with Crippen LogP contribution in [0.15, 0.2) is 72.8 Å². The van der Waals surface area contributed by atoms with Crippen LogP contribution in [0.3, 0.4) is 0 Å². The monoisotopic (exact) mass is 412 g/mol. The Morgan fingerprint density at radius 3 is 2.10 bits per heavy atom. The van der Waals surface area contributed by atoms with Crippen LogP contribution in [0.4, 0.5) is 17.1 Å². The topological polar surface area (TPSA) is 32.7 Å². The molecule has 0 aliphatic carbocycles. The first-order chi connectivity index (χ1) is 14.5. The quantitative estimate of drug-likeness (QED) is 0.554. The maximum Gasteiger partial charge on any atom is 0.330 e. The molecule has 4 heteroatoms. The summed E-state index contributed by atoms with van der Waals surface area (Å²) in [6.07, 6.45) is 0. The highest BCUT2D eigenvalue weighted by molar-refractivity contribution is 6.47. The van der Waals surface area contributed by atoms with Crippen LogP contribution in [0.1, 0.15) is 52.7 Å². The van der Waals surface area contributed by atoms with Crippen LogP contribution in [0.25, 0.3) is 0 Å². The summed E-state index contributed by atoms with van der Waals surface area (Å²) in [5.74, 6) is 0. The standard InChI is InChI=1S/C27H31BNO2/c1-25(2)21-14-10-11-15-23(21)29(20-12-8-7-9-13-20)24-17-16-19(18-22(24)25)28-31-27(5,6)26(3,4)30/h7-18,30H,1-6H3. The van der Waals surface area contributed by atoms with Crippen LogP contribution in [-0.2, 0) is 10.1 Å². The maximum atomic E-state index is 10.4. The molecule has 1 radical (unpaired) electrons. The molecule has 31 heavy (non-hydrogen) atoms. The van der Waals surface area contributed by atoms with Crippen LogP contribution in [0, 0.1) is 0 Å². The summed E-state index contributed by atoms with van der Waals surface area (Å²) in [7, 11) is 1.77. The molecule has 0 saturated heterocycles. The zero-order valence-electron chi connectivity index (χ0n) is 19.3. The smallest absolute Gasteiger partial charge is 0.330 e. The average molecular weight is 412 g/mol. The Hall–Kier alpha value is -2.56. The van der Waals surface area contributed by atoms with Crippen molar-refractivity contribution in [3.63, 3.8) is 0 Å². The molecule has 1 aliphatic rings. The predicted molar refractivity (Wildman–Crippen MR) is 130 cm³/mol. The van der Waals surface area contributed by atoms with Gasteiger partial charge in [-0.1, -0.05) is 67.8 Å². The molecule has 3 aromatic rings. The van der Waals surface area contributed by atoms with Gasteiger partial charge in [-0.3, -0.25) is 0 Å². The lowest BCUT2D eigenvalue weighted by molar-refractivity contribution is -0.0893. The van der Waals surface area contributed by atoms with Crippen LogP contribution in [0.2, 0.25) is 0 Å². The molecule has 4 rings (SSSR count). The van der Waals surface area contributed by atoms with Crippen LogP contribution >= 0.6 is 0 Å². The van der Waals surface area contributed by atoms with Gasteiger partial charge in [0.2, 0.25) is 0 Å². The molecule has 0 aromatic heterocycles. The van der Waals surface area contributed by atoms with Gasteiger partial charge < -0.3 is 14.7 Å². The van der Waals surface area contributed by atoms with Gasteiger partial charge in [0, 0.05) is 11.1 Å². The van der Waals surface area contributed by atoms with Gasteiger partial charge in [0.1, 0.15) is 0 Å². The Balaban J connectivity index is 1.79. The Kier molecular flexibility index (Phi) is 5.27. The average Bonchev–Trinajstić information content (AvgIpc) is 2.73. The molecule has 0 amide bonds. The van der Waals surface area contributed by atoms with Crippen molar-refractivity contribution in [2.45, 2.75) is 58.2 Å². The van der Waals surface area contributed by atoms with E-state index in [9.17, 15) is 5.11 Å². The summed E-state index contributed by atoms with van der Waals surface area (Å²) in [6.45, 7) is 11.9. The molecular formula is C27H31BNO2. The molecule has 159 valence electrons. The molecule has 1 N–H and O–H groups in total. The molecule has 3 nitrogen and oxygen atoms in total. The van der Waals surface area contributed by atoms with E-state index in [1.54, 1.807) is 21.3 Å². The highest BCUT2D eigenvalue weighted by Crippen LogP contribution is 2.51. The van der Waals surface area contributed by atoms with Crippen molar-refractivity contribution in [1.29, 1.82) is 0 Å². The van der Waals surface area contributed by atoms with Gasteiger partial charge in [-0.2, -0.15) is 0 Å². The van der Waals surface area contributed by atoms with Gasteiger partial charge in [0.25, 0.3) is 0 Å². The second-order valence-electron chi connectivity index (χ2n) is 9.89. The van der Waals surface area contributed by atoms with E-state index in [1.165, 1.54) is 22.5 Å². The van der Waals surface area contributed by atoms with Gasteiger partial charge in [-0.15, -0.1) is 0 Å². The van der Waals surface area contributed by atoms with E-state index in [0.29, 0.717) is 0 Å². The number of hydrogen-bond acceptors (Lipinski definition) is 3. The zero-order valence-corrected chi connectivity index (χ0v) is 19.3. The minimum atomic E-state index is -0.958. The summed E-state index contributed by atoms with van der Waals surface area (Å²) < 4.78 is 6.03. The molecular weight excluding hydrogens is 381 g/mol. The van der Waals surface area contributed by atoms with E-state index in [2.05, 4.69) is 85.5 Å². The summed E-state index contributed by atoms with van der Waals surface area (Å²) in [4.78, 5) is 2.33. The SMILES string of the molecule is CC1(C)c2ccccc2N(c2ccccc2)c2ccc([B]OC(C)(C)C(C)(C)O)cc21. The highest BCUT2D eigenvalue weighted by Gasteiger charge is 2.38. The van der Waals surface area contributed by atoms with E-state index in [0.717, 1.165) is 11.2 Å². The number of nitrogens with zero attached hydrogens (tertiary/aromatic N) is 1. The van der Waals surface area contributed by atoms with Crippen LogP contribution < -0.4 is 10.4 Å². The second-order valence-corrected chi connectivity index (χ2v) is 9.89. The number of aliphatic hydroxyl groups is 1. The Morgan fingerprint density at radius 1 is 0.806 bits per heavy atom. The molecule has 1 aliphatic heterocycles. The third-order valence-corrected chi connectivity index (χ3v) is 6.73. The lowest BCUT2D eigenvalue weighted by Crippen LogP contribution is -2.49. The van der Waals surface area contributed by atoms with Gasteiger partial charge in [-0.25, -0.2) is 0 Å². The van der Waals surface area contributed by atoms with Gasteiger partial charge >= 0.3 is 7.48 Å². The first kappa shape index (κ1) is 21.7. The summed E-state index contributed by atoms with van der Waals surface area (Å²) >= 11 is 0. The molecule has 3 aromatic carbocycles. The number of hydrogen-bond donors (Lipinski definition) is 1. The molecule has 0 bridgehead atoms. The van der Waals surface area contributed by atoms with Crippen molar-refractivity contribution in [1.82, 2.24) is 0 Å². The van der Waals surface area contributed by atoms with Crippen molar-refractivity contribution in [2.24, 2.45) is 0 Å². The Morgan fingerprint density at radius 2 is 1.42 bits per heavy atom. The van der Waals surface area contributed by atoms with Crippen molar-refractivity contribution in [2.75, 3.05) is 4.90 Å². The molecule has 0 atom stereocenters. The highest BCUT2D eigenvalue weighted by atomic mass is 16.5. The summed E-state index contributed by atoms with van der Waals surface area (Å²) in [6, 6.07) is 25.6. The summed E-state index contributed by atoms with van der Waals surface area (Å²) in [5, 5.41) is 10.4. The summed E-state index contributed by atoms with van der Waals surface area (Å²) in [5.41, 5.74) is 5.22. The third-order valence-electron chi connectivity index (χ3n) is 6.73. The van der Waals surface area contributed by atoms with Crippen molar-refractivity contribution in [3.8, 4) is 0 Å². The fraction of sp³-hybridized carbons (Fsp3) is 0.333. The maximum absolute atomic E-state index is 10.4. The number of benzene rings is 3. The van der Waals surface area contributed by atoms with E-state index in [1.807, 2.05) is 19.9 Å². The zero-order chi connectivity index (χ0) is 22.4. The Labute approximate surface area is 187 Å². The molecule has 0 spiro atoms. The Bertz CT molecular complexity index is 1080. The van der Waals surface area contributed by atoms with Crippen LogP contribution in [-0.4, -0.2) is 23.8 Å². The fourth-order valence-electron chi connectivity index (χ4n) is 4.01. The van der Waals surface area contributed by atoms with E-state index >= 15 is 0 Å². The first-order valence-corrected chi connectivity index (χ1v) is 10.8. The van der Waals surface area contributed by atoms with Crippen molar-refractivity contribution < 1.29 is 9.76 Å². The third kappa shape index (κ3) is 3.79. The lowest BCUT2D eigenvalue weighted by Gasteiger charge is -2.42. The van der Waals surface area contributed by atoms with E-state index in [-0.39, 0.29) is 5.41 Å². The first-order valence-electron chi connectivity index (χ1n) is 10.8. The number of rotatable bonds is 5. The minimum absolute atomic E-state index is 0.160. The van der Waals surface area contributed by atoms with E-state index < -0.39 is 11.2 Å².